The van der Waals surface area contributed by atoms with Crippen molar-refractivity contribution in [1.29, 1.82) is 0 Å². The summed E-state index contributed by atoms with van der Waals surface area (Å²) in [5.74, 6) is 0.744. The second kappa shape index (κ2) is 7.01. The zero-order valence-electron chi connectivity index (χ0n) is 13.4. The zero-order valence-corrected chi connectivity index (χ0v) is 14.2. The lowest BCUT2D eigenvalue weighted by Crippen LogP contribution is -2.48. The van der Waals surface area contributed by atoms with Crippen LogP contribution in [0.5, 0.6) is 11.5 Å². The van der Waals surface area contributed by atoms with E-state index in [1.165, 1.54) is 12.1 Å². The van der Waals surface area contributed by atoms with Gasteiger partial charge in [-0.2, -0.15) is 0 Å². The second-order valence-electron chi connectivity index (χ2n) is 5.62. The first-order chi connectivity index (χ1) is 11.6. The van der Waals surface area contributed by atoms with Crippen molar-refractivity contribution in [3.05, 3.63) is 53.1 Å². The summed E-state index contributed by atoms with van der Waals surface area (Å²) in [6.45, 7) is 2.71. The van der Waals surface area contributed by atoms with Gasteiger partial charge in [-0.15, -0.1) is 0 Å². The molecule has 1 aliphatic rings. The Labute approximate surface area is 146 Å². The molecule has 0 bridgehead atoms. The molecule has 1 saturated heterocycles. The van der Waals surface area contributed by atoms with Crippen molar-refractivity contribution in [2.24, 2.45) is 0 Å². The lowest BCUT2D eigenvalue weighted by Gasteiger charge is -2.36. The van der Waals surface area contributed by atoms with E-state index in [0.717, 1.165) is 24.5 Å². The van der Waals surface area contributed by atoms with E-state index in [1.807, 2.05) is 24.3 Å². The Balaban J connectivity index is 1.68. The molecule has 1 fully saturated rings. The van der Waals surface area contributed by atoms with Crippen LogP contribution in [0.25, 0.3) is 0 Å². The number of piperazine rings is 1. The molecule has 0 aromatic heterocycles. The third-order valence-corrected chi connectivity index (χ3v) is 4.49. The first kappa shape index (κ1) is 16.5. The van der Waals surface area contributed by atoms with Crippen molar-refractivity contribution >= 4 is 23.2 Å². The van der Waals surface area contributed by atoms with Gasteiger partial charge in [0.05, 0.1) is 17.8 Å². The molecule has 0 unspecified atom stereocenters. The largest absolute Gasteiger partial charge is 0.506 e. The highest BCUT2D eigenvalue weighted by Crippen LogP contribution is 2.29. The third kappa shape index (κ3) is 3.26. The molecule has 6 heteroatoms. The second-order valence-corrected chi connectivity index (χ2v) is 6.02. The lowest BCUT2D eigenvalue weighted by molar-refractivity contribution is 0.0746. The van der Waals surface area contributed by atoms with Crippen LogP contribution in [0.1, 0.15) is 10.4 Å². The van der Waals surface area contributed by atoms with Crippen LogP contribution in [0.3, 0.4) is 0 Å². The van der Waals surface area contributed by atoms with Crippen molar-refractivity contribution in [2.75, 3.05) is 38.2 Å². The number of aromatic hydroxyl groups is 1. The Morgan fingerprint density at radius 2 is 1.83 bits per heavy atom. The van der Waals surface area contributed by atoms with Gasteiger partial charge in [-0.05, 0) is 30.3 Å². The van der Waals surface area contributed by atoms with Crippen LogP contribution in [-0.2, 0) is 0 Å². The van der Waals surface area contributed by atoms with Crippen molar-refractivity contribution in [1.82, 2.24) is 4.90 Å². The molecule has 0 aliphatic carbocycles. The molecule has 1 aliphatic heterocycles. The number of anilines is 1. The average molecular weight is 347 g/mol. The van der Waals surface area contributed by atoms with Gasteiger partial charge in [0.2, 0.25) is 0 Å². The Kier molecular flexibility index (Phi) is 4.81. The molecular formula is C18H19ClN2O3. The predicted octanol–water partition coefficient (Wildman–Crippen LogP) is 3.02. The standard InChI is InChI=1S/C18H19ClN2O3/c1-24-17-5-3-2-4-15(17)20-8-10-21(11-9-20)18(23)13-6-7-16(22)14(19)12-13/h2-7,12,22H,8-11H2,1H3. The van der Waals surface area contributed by atoms with Crippen LogP contribution in [0, 0.1) is 0 Å². The fourth-order valence-electron chi connectivity index (χ4n) is 2.86. The molecule has 5 nitrogen and oxygen atoms in total. The molecule has 2 aromatic carbocycles. The van der Waals surface area contributed by atoms with Gasteiger partial charge >= 0.3 is 0 Å². The highest BCUT2D eigenvalue weighted by molar-refractivity contribution is 6.32. The number of nitrogens with zero attached hydrogens (tertiary/aromatic N) is 2. The lowest BCUT2D eigenvalue weighted by atomic mass is 10.1. The summed E-state index contributed by atoms with van der Waals surface area (Å²) >= 11 is 5.89. The van der Waals surface area contributed by atoms with Crippen molar-refractivity contribution in [3.63, 3.8) is 0 Å². The number of methoxy groups -OCH3 is 1. The van der Waals surface area contributed by atoms with Gasteiger partial charge in [0, 0.05) is 31.7 Å². The van der Waals surface area contributed by atoms with E-state index in [2.05, 4.69) is 4.90 Å². The Bertz CT molecular complexity index is 743. The van der Waals surface area contributed by atoms with Crippen molar-refractivity contribution in [3.8, 4) is 11.5 Å². The molecule has 0 radical (unpaired) electrons. The van der Waals surface area contributed by atoms with Crippen molar-refractivity contribution in [2.45, 2.75) is 0 Å². The highest BCUT2D eigenvalue weighted by atomic mass is 35.5. The molecular weight excluding hydrogens is 328 g/mol. The quantitative estimate of drug-likeness (QED) is 0.928. The molecule has 1 heterocycles. The van der Waals surface area contributed by atoms with Gasteiger partial charge in [-0.25, -0.2) is 0 Å². The smallest absolute Gasteiger partial charge is 0.254 e. The Morgan fingerprint density at radius 1 is 1.12 bits per heavy atom. The van der Waals surface area contributed by atoms with E-state index in [9.17, 15) is 9.90 Å². The summed E-state index contributed by atoms with van der Waals surface area (Å²) in [5, 5.41) is 9.66. The van der Waals surface area contributed by atoms with E-state index in [1.54, 1.807) is 18.1 Å². The molecule has 2 aromatic rings. The summed E-state index contributed by atoms with van der Waals surface area (Å²) < 4.78 is 5.41. The van der Waals surface area contributed by atoms with Crippen LogP contribution >= 0.6 is 11.6 Å². The Morgan fingerprint density at radius 3 is 2.50 bits per heavy atom. The Hall–Kier alpha value is -2.40. The minimum atomic E-state index is -0.0726. The summed E-state index contributed by atoms with van der Waals surface area (Å²) in [4.78, 5) is 16.6. The van der Waals surface area contributed by atoms with E-state index in [-0.39, 0.29) is 16.7 Å². The molecule has 0 spiro atoms. The van der Waals surface area contributed by atoms with E-state index >= 15 is 0 Å². The van der Waals surface area contributed by atoms with Gasteiger partial charge in [0.1, 0.15) is 11.5 Å². The van der Waals surface area contributed by atoms with Gasteiger partial charge in [0.25, 0.3) is 5.91 Å². The van der Waals surface area contributed by atoms with Crippen molar-refractivity contribution < 1.29 is 14.6 Å². The van der Waals surface area contributed by atoms with Crippen LogP contribution in [0.15, 0.2) is 42.5 Å². The van der Waals surface area contributed by atoms with E-state index in [4.69, 9.17) is 16.3 Å². The SMILES string of the molecule is COc1ccccc1N1CCN(C(=O)c2ccc(O)c(Cl)c2)CC1. The fraction of sp³-hybridized carbons (Fsp3) is 0.278. The molecule has 0 saturated carbocycles. The molecule has 126 valence electrons. The van der Waals surface area contributed by atoms with Gasteiger partial charge in [-0.3, -0.25) is 4.79 Å². The van der Waals surface area contributed by atoms with E-state index < -0.39 is 0 Å². The fourth-order valence-corrected chi connectivity index (χ4v) is 3.04. The van der Waals surface area contributed by atoms with Crippen LogP contribution in [0.2, 0.25) is 5.02 Å². The number of benzene rings is 2. The van der Waals surface area contributed by atoms with Gasteiger partial charge in [-0.1, -0.05) is 23.7 Å². The van der Waals surface area contributed by atoms with E-state index in [0.29, 0.717) is 18.7 Å². The first-order valence-electron chi connectivity index (χ1n) is 7.76. The number of carbonyl (C=O) groups excluding carboxylic acids is 1. The van der Waals surface area contributed by atoms with Gasteiger partial charge in [0.15, 0.2) is 0 Å². The summed E-state index contributed by atoms with van der Waals surface area (Å²) in [6.07, 6.45) is 0. The number of phenols is 1. The minimum Gasteiger partial charge on any atom is -0.506 e. The minimum absolute atomic E-state index is 0.0193. The number of hydrogen-bond donors (Lipinski definition) is 1. The number of rotatable bonds is 3. The number of phenolic OH excluding ortho intramolecular Hbond substituents is 1. The number of ether oxygens (including phenoxy) is 1. The number of halogens is 1. The molecule has 0 atom stereocenters. The maximum atomic E-state index is 12.6. The van der Waals surface area contributed by atoms with Crippen LogP contribution in [0.4, 0.5) is 5.69 Å². The molecule has 3 rings (SSSR count). The number of hydrogen-bond acceptors (Lipinski definition) is 4. The molecule has 24 heavy (non-hydrogen) atoms. The number of amides is 1. The first-order valence-corrected chi connectivity index (χ1v) is 8.13. The molecule has 1 amide bonds. The highest BCUT2D eigenvalue weighted by Gasteiger charge is 2.24. The number of carbonyl (C=O) groups is 1. The van der Waals surface area contributed by atoms with Gasteiger partial charge < -0.3 is 19.6 Å². The zero-order chi connectivity index (χ0) is 17.1. The number of para-hydroxylation sites is 2. The van der Waals surface area contributed by atoms with Crippen LogP contribution < -0.4 is 9.64 Å². The summed E-state index contributed by atoms with van der Waals surface area (Å²) in [5.41, 5.74) is 1.53. The maximum Gasteiger partial charge on any atom is 0.254 e. The normalized spacial score (nSPS) is 14.6. The molecule has 1 N–H and O–H groups in total. The summed E-state index contributed by atoms with van der Waals surface area (Å²) in [7, 11) is 1.66. The topological polar surface area (TPSA) is 53.0 Å². The average Bonchev–Trinajstić information content (AvgIpc) is 2.63. The monoisotopic (exact) mass is 346 g/mol. The third-order valence-electron chi connectivity index (χ3n) is 4.19. The summed E-state index contributed by atoms with van der Waals surface area (Å²) in [6, 6.07) is 12.4. The maximum absolute atomic E-state index is 12.6. The predicted molar refractivity (Wildman–Crippen MR) is 94.2 cm³/mol. The van der Waals surface area contributed by atoms with Crippen LogP contribution in [-0.4, -0.2) is 49.2 Å².